The molecule has 1 fully saturated rings. The van der Waals surface area contributed by atoms with Gasteiger partial charge in [0.15, 0.2) is 0 Å². The maximum Gasteiger partial charge on any atom is 0.308 e. The first-order valence-electron chi connectivity index (χ1n) is 4.97. The quantitative estimate of drug-likeness (QED) is 0.484. The largest absolute Gasteiger partial charge is 0.469 e. The second-order valence-corrected chi connectivity index (χ2v) is 3.50. The summed E-state index contributed by atoms with van der Waals surface area (Å²) in [5.41, 5.74) is 0. The third-order valence-corrected chi connectivity index (χ3v) is 2.60. The second-order valence-electron chi connectivity index (χ2n) is 3.50. The average Bonchev–Trinajstić information content (AvgIpc) is 2.26. The molecule has 14 heavy (non-hydrogen) atoms. The third-order valence-electron chi connectivity index (χ3n) is 2.60. The third kappa shape index (κ3) is 3.04. The summed E-state index contributed by atoms with van der Waals surface area (Å²) < 4.78 is 4.72. The SMILES string of the molecule is CC#CCN1CCC(C(=O)OC)CC1. The Morgan fingerprint density at radius 3 is 2.64 bits per heavy atom. The first-order valence-corrected chi connectivity index (χ1v) is 4.97. The number of hydrogen-bond acceptors (Lipinski definition) is 3. The molecule has 1 rings (SSSR count). The van der Waals surface area contributed by atoms with Crippen molar-refractivity contribution in [3.05, 3.63) is 0 Å². The number of ether oxygens (including phenoxy) is 1. The predicted molar refractivity (Wildman–Crippen MR) is 54.6 cm³/mol. The highest BCUT2D eigenvalue weighted by atomic mass is 16.5. The summed E-state index contributed by atoms with van der Waals surface area (Å²) in [4.78, 5) is 13.5. The van der Waals surface area contributed by atoms with Gasteiger partial charge in [-0.1, -0.05) is 5.92 Å². The standard InChI is InChI=1S/C11H17NO2/c1-3-4-7-12-8-5-10(6-9-12)11(13)14-2/h10H,5-9H2,1-2H3. The van der Waals surface area contributed by atoms with Crippen molar-refractivity contribution in [1.82, 2.24) is 4.90 Å². The van der Waals surface area contributed by atoms with E-state index in [0.717, 1.165) is 32.5 Å². The molecule has 0 aromatic carbocycles. The van der Waals surface area contributed by atoms with Crippen molar-refractivity contribution >= 4 is 5.97 Å². The van der Waals surface area contributed by atoms with Gasteiger partial charge in [-0.15, -0.1) is 5.92 Å². The first-order chi connectivity index (χ1) is 6.77. The number of esters is 1. The molecule has 0 amide bonds. The lowest BCUT2D eigenvalue weighted by molar-refractivity contribution is -0.147. The first kappa shape index (κ1) is 11.1. The lowest BCUT2D eigenvalue weighted by Gasteiger charge is -2.28. The normalized spacial score (nSPS) is 18.4. The zero-order valence-corrected chi connectivity index (χ0v) is 8.88. The van der Waals surface area contributed by atoms with Crippen LogP contribution in [0.2, 0.25) is 0 Å². The van der Waals surface area contributed by atoms with Gasteiger partial charge < -0.3 is 4.74 Å². The van der Waals surface area contributed by atoms with Gasteiger partial charge in [0.25, 0.3) is 0 Å². The molecule has 1 aliphatic rings. The molecule has 1 heterocycles. The van der Waals surface area contributed by atoms with Crippen LogP contribution >= 0.6 is 0 Å². The summed E-state index contributed by atoms with van der Waals surface area (Å²) in [7, 11) is 1.46. The summed E-state index contributed by atoms with van der Waals surface area (Å²) in [5.74, 6) is 5.95. The highest BCUT2D eigenvalue weighted by Gasteiger charge is 2.24. The van der Waals surface area contributed by atoms with Gasteiger partial charge >= 0.3 is 5.97 Å². The van der Waals surface area contributed by atoms with E-state index in [1.807, 2.05) is 6.92 Å². The van der Waals surface area contributed by atoms with E-state index >= 15 is 0 Å². The number of methoxy groups -OCH3 is 1. The highest BCUT2D eigenvalue weighted by Crippen LogP contribution is 2.17. The summed E-state index contributed by atoms with van der Waals surface area (Å²) in [6.07, 6.45) is 1.80. The fourth-order valence-corrected chi connectivity index (χ4v) is 1.68. The topological polar surface area (TPSA) is 29.5 Å². The molecule has 1 aliphatic heterocycles. The maximum absolute atomic E-state index is 11.2. The highest BCUT2D eigenvalue weighted by molar-refractivity contribution is 5.72. The van der Waals surface area contributed by atoms with E-state index in [1.165, 1.54) is 7.11 Å². The van der Waals surface area contributed by atoms with Gasteiger partial charge in [0, 0.05) is 0 Å². The van der Waals surface area contributed by atoms with Crippen molar-refractivity contribution in [2.24, 2.45) is 5.92 Å². The van der Waals surface area contributed by atoms with E-state index in [2.05, 4.69) is 16.7 Å². The molecule has 0 aromatic rings. The number of hydrogen-bond donors (Lipinski definition) is 0. The minimum atomic E-state index is -0.0637. The molecule has 0 unspecified atom stereocenters. The van der Waals surface area contributed by atoms with Crippen LogP contribution in [0.25, 0.3) is 0 Å². The van der Waals surface area contributed by atoms with Gasteiger partial charge in [0.2, 0.25) is 0 Å². The van der Waals surface area contributed by atoms with E-state index in [1.54, 1.807) is 0 Å². The molecule has 0 spiro atoms. The Kier molecular flexibility index (Phi) is 4.48. The minimum absolute atomic E-state index is 0.0637. The fourth-order valence-electron chi connectivity index (χ4n) is 1.68. The number of carbonyl (C=O) groups is 1. The van der Waals surface area contributed by atoms with E-state index in [0.29, 0.717) is 0 Å². The van der Waals surface area contributed by atoms with Crippen molar-refractivity contribution in [2.45, 2.75) is 19.8 Å². The number of likely N-dealkylation sites (tertiary alicyclic amines) is 1. The number of carbonyl (C=O) groups excluding carboxylic acids is 1. The molecule has 0 radical (unpaired) electrons. The Balaban J connectivity index is 2.29. The van der Waals surface area contributed by atoms with Crippen LogP contribution in [0.3, 0.4) is 0 Å². The van der Waals surface area contributed by atoms with Crippen molar-refractivity contribution in [3.8, 4) is 11.8 Å². The van der Waals surface area contributed by atoms with E-state index in [9.17, 15) is 4.79 Å². The van der Waals surface area contributed by atoms with Crippen LogP contribution in [0.15, 0.2) is 0 Å². The molecule has 3 nitrogen and oxygen atoms in total. The van der Waals surface area contributed by atoms with Crippen molar-refractivity contribution in [1.29, 1.82) is 0 Å². The van der Waals surface area contributed by atoms with E-state index < -0.39 is 0 Å². The summed E-state index contributed by atoms with van der Waals surface area (Å²) in [6.45, 7) is 4.58. The number of piperidine rings is 1. The van der Waals surface area contributed by atoms with E-state index in [4.69, 9.17) is 4.74 Å². The van der Waals surface area contributed by atoms with Crippen molar-refractivity contribution in [3.63, 3.8) is 0 Å². The van der Waals surface area contributed by atoms with Crippen LogP contribution in [-0.2, 0) is 9.53 Å². The van der Waals surface area contributed by atoms with Gasteiger partial charge in [0.05, 0.1) is 19.6 Å². The van der Waals surface area contributed by atoms with Crippen molar-refractivity contribution < 1.29 is 9.53 Å². The molecular weight excluding hydrogens is 178 g/mol. The number of rotatable bonds is 2. The monoisotopic (exact) mass is 195 g/mol. The molecule has 0 atom stereocenters. The van der Waals surface area contributed by atoms with Gasteiger partial charge in [-0.3, -0.25) is 9.69 Å². The molecule has 0 aliphatic carbocycles. The second kappa shape index (κ2) is 5.66. The van der Waals surface area contributed by atoms with Gasteiger partial charge in [-0.25, -0.2) is 0 Å². The van der Waals surface area contributed by atoms with Gasteiger partial charge in [-0.2, -0.15) is 0 Å². The predicted octanol–water partition coefficient (Wildman–Crippen LogP) is 0.895. The Morgan fingerprint density at radius 2 is 2.14 bits per heavy atom. The zero-order valence-electron chi connectivity index (χ0n) is 8.88. The van der Waals surface area contributed by atoms with Crippen LogP contribution in [0.5, 0.6) is 0 Å². The minimum Gasteiger partial charge on any atom is -0.469 e. The molecule has 0 aromatic heterocycles. The zero-order chi connectivity index (χ0) is 10.4. The lowest BCUT2D eigenvalue weighted by Crippen LogP contribution is -2.36. The number of nitrogens with zero attached hydrogens (tertiary/aromatic N) is 1. The molecule has 1 saturated heterocycles. The smallest absolute Gasteiger partial charge is 0.308 e. The van der Waals surface area contributed by atoms with Gasteiger partial charge in [0.1, 0.15) is 0 Å². The molecule has 0 saturated carbocycles. The molecule has 3 heteroatoms. The van der Waals surface area contributed by atoms with Gasteiger partial charge in [-0.05, 0) is 32.9 Å². The summed E-state index contributed by atoms with van der Waals surface area (Å²) >= 11 is 0. The lowest BCUT2D eigenvalue weighted by atomic mass is 9.97. The molecule has 0 bridgehead atoms. The van der Waals surface area contributed by atoms with Crippen LogP contribution in [0.1, 0.15) is 19.8 Å². The summed E-state index contributed by atoms with van der Waals surface area (Å²) in [6, 6.07) is 0. The molecule has 0 N–H and O–H groups in total. The Hall–Kier alpha value is -1.01. The fraction of sp³-hybridized carbons (Fsp3) is 0.727. The van der Waals surface area contributed by atoms with Crippen molar-refractivity contribution in [2.75, 3.05) is 26.7 Å². The van der Waals surface area contributed by atoms with Crippen LogP contribution in [-0.4, -0.2) is 37.6 Å². The molecular formula is C11H17NO2. The Morgan fingerprint density at radius 1 is 1.50 bits per heavy atom. The maximum atomic E-state index is 11.2. The average molecular weight is 195 g/mol. The Bertz CT molecular complexity index is 244. The summed E-state index contributed by atoms with van der Waals surface area (Å²) in [5, 5.41) is 0. The molecule has 78 valence electrons. The van der Waals surface area contributed by atoms with Crippen LogP contribution < -0.4 is 0 Å². The Labute approximate surface area is 85.4 Å². The van der Waals surface area contributed by atoms with Crippen LogP contribution in [0.4, 0.5) is 0 Å². The van der Waals surface area contributed by atoms with Crippen LogP contribution in [0, 0.1) is 17.8 Å². The van der Waals surface area contributed by atoms with E-state index in [-0.39, 0.29) is 11.9 Å².